The van der Waals surface area contributed by atoms with Crippen molar-refractivity contribution in [3.63, 3.8) is 0 Å². The van der Waals surface area contributed by atoms with E-state index in [1.807, 2.05) is 48.9 Å². The van der Waals surface area contributed by atoms with Crippen molar-refractivity contribution in [1.29, 1.82) is 0 Å². The molecule has 0 unspecified atom stereocenters. The molecule has 0 aliphatic carbocycles. The molecule has 6 nitrogen and oxygen atoms in total. The molecule has 0 amide bonds. The second-order valence-corrected chi connectivity index (χ2v) is 10.2. The Morgan fingerprint density at radius 3 is 1.32 bits per heavy atom. The van der Waals surface area contributed by atoms with Gasteiger partial charge in [0.05, 0.1) is 0 Å². The number of nitrogens with zero attached hydrogens (tertiary/aromatic N) is 6. The van der Waals surface area contributed by atoms with Gasteiger partial charge in [0.1, 0.15) is 0 Å². The van der Waals surface area contributed by atoms with E-state index in [2.05, 4.69) is 111 Å². The van der Waals surface area contributed by atoms with E-state index in [4.69, 9.17) is 0 Å². The number of allylic oxidation sites excluding steroid dienone is 10. The monoisotopic (exact) mass is 542 g/mol. The Hall–Kier alpha value is -2.76. The third-order valence-corrected chi connectivity index (χ3v) is 6.25. The Bertz CT molecular complexity index is 943. The molecule has 0 N–H and O–H groups in total. The van der Waals surface area contributed by atoms with Crippen LogP contribution in [-0.4, -0.2) is 32.7 Å². The van der Waals surface area contributed by atoms with Crippen LogP contribution in [0, 0.1) is 25.2 Å². The largest absolute Gasteiger partial charge is 4.00 e. The van der Waals surface area contributed by atoms with Crippen molar-refractivity contribution in [3.8, 4) is 0 Å². The molecule has 0 bridgehead atoms. The molecule has 37 heavy (non-hydrogen) atoms. The molecule has 0 radical (unpaired) electrons. The summed E-state index contributed by atoms with van der Waals surface area (Å²) in [6.07, 6.45) is 19.7. The zero-order chi connectivity index (χ0) is 26.2. The van der Waals surface area contributed by atoms with E-state index < -0.39 is 0 Å². The molecule has 0 fully saturated rings. The van der Waals surface area contributed by atoms with Gasteiger partial charge in [0.25, 0.3) is 0 Å². The Kier molecular flexibility index (Phi) is 11.7. The molecular weight excluding hydrogens is 500 g/mol. The zero-order valence-electron chi connectivity index (χ0n) is 23.5. The summed E-state index contributed by atoms with van der Waals surface area (Å²) in [6, 6.07) is 0. The van der Waals surface area contributed by atoms with Crippen LogP contribution in [0.1, 0.15) is 55.4 Å². The maximum absolute atomic E-state index is 4.33. The van der Waals surface area contributed by atoms with Crippen molar-refractivity contribution in [1.82, 2.24) is 19.6 Å². The number of rotatable bonds is 6. The minimum Gasteiger partial charge on any atom is -0.663 e. The molecule has 4 rings (SSSR count). The van der Waals surface area contributed by atoms with Crippen LogP contribution in [0.4, 0.5) is 0 Å². The number of hydrogen-bond donors (Lipinski definition) is 0. The van der Waals surface area contributed by atoms with E-state index in [0.717, 1.165) is 24.5 Å². The predicted octanol–water partition coefficient (Wildman–Crippen LogP) is 7.86. The molecule has 0 saturated carbocycles. The molecule has 0 aromatic carbocycles. The normalized spacial score (nSPS) is 20.9. The fourth-order valence-electron chi connectivity index (χ4n) is 4.04. The van der Waals surface area contributed by atoms with Gasteiger partial charge in [-0.05, 0) is 76.4 Å². The molecule has 4 heterocycles. The average molecular weight is 543 g/mol. The molecule has 0 atom stereocenters. The minimum atomic E-state index is 0. The van der Waals surface area contributed by atoms with Crippen LogP contribution in [-0.2, 0) is 17.1 Å². The first kappa shape index (κ1) is 30.5. The van der Waals surface area contributed by atoms with Crippen molar-refractivity contribution in [3.05, 3.63) is 119 Å². The Labute approximate surface area is 236 Å². The van der Waals surface area contributed by atoms with Gasteiger partial charge in [0.2, 0.25) is 0 Å². The standard InChI is InChI=1S/2C15H21N3.Fe/c2*1-12(2)9-17-11-18(14(4)13(17)3)10-15-7-5-6-8-16-15;/h2*5-8,10-12H,9H2,1-4H3;/q2*-2;+4/b2*15-10-;. The molecule has 4 aliphatic rings. The SMILES string of the molecule is CC1=C(C)N(CC(C)C)[CH-]N1/C=C1/C=CC=C[N-]1.CC1=C(C)N(CC(C)C)[CH-]N1/C=C1/C=CC=C[N-]1.[Fe+4]. The molecule has 4 aliphatic heterocycles. The zero-order valence-corrected chi connectivity index (χ0v) is 24.6. The molecule has 200 valence electrons. The van der Waals surface area contributed by atoms with Crippen molar-refractivity contribution in [2.45, 2.75) is 55.4 Å². The summed E-state index contributed by atoms with van der Waals surface area (Å²) in [5.74, 6) is 1.30. The van der Waals surface area contributed by atoms with E-state index in [1.54, 1.807) is 0 Å². The summed E-state index contributed by atoms with van der Waals surface area (Å²) in [7, 11) is 0. The van der Waals surface area contributed by atoms with Crippen molar-refractivity contribution in [2.24, 2.45) is 11.8 Å². The quantitative estimate of drug-likeness (QED) is 0.253. The molecule has 7 heteroatoms. The minimum absolute atomic E-state index is 0. The summed E-state index contributed by atoms with van der Waals surface area (Å²) in [5, 5.41) is 8.66. The first-order valence-electron chi connectivity index (χ1n) is 12.8. The van der Waals surface area contributed by atoms with Crippen LogP contribution in [0.5, 0.6) is 0 Å². The van der Waals surface area contributed by atoms with E-state index in [-0.39, 0.29) is 17.1 Å². The summed E-state index contributed by atoms with van der Waals surface area (Å²) in [5.41, 5.74) is 7.12. The van der Waals surface area contributed by atoms with Gasteiger partial charge in [0.15, 0.2) is 0 Å². The summed E-state index contributed by atoms with van der Waals surface area (Å²) >= 11 is 0. The first-order chi connectivity index (χ1) is 17.2. The Morgan fingerprint density at radius 2 is 1.03 bits per heavy atom. The molecular formula is C30H42FeN6. The maximum Gasteiger partial charge on any atom is 4.00 e. The molecule has 0 saturated heterocycles. The fourth-order valence-corrected chi connectivity index (χ4v) is 4.04. The predicted molar refractivity (Wildman–Crippen MR) is 152 cm³/mol. The summed E-state index contributed by atoms with van der Waals surface area (Å²) in [4.78, 5) is 8.92. The first-order valence-corrected chi connectivity index (χ1v) is 12.8. The van der Waals surface area contributed by atoms with Gasteiger partial charge in [-0.3, -0.25) is 0 Å². The van der Waals surface area contributed by atoms with E-state index in [1.165, 1.54) is 22.8 Å². The maximum atomic E-state index is 4.33. The molecule has 0 aromatic heterocycles. The van der Waals surface area contributed by atoms with Gasteiger partial charge in [-0.1, -0.05) is 64.2 Å². The van der Waals surface area contributed by atoms with Crippen LogP contribution in [0.3, 0.4) is 0 Å². The van der Waals surface area contributed by atoms with Crippen LogP contribution < -0.4 is 0 Å². The second-order valence-electron chi connectivity index (χ2n) is 10.2. The van der Waals surface area contributed by atoms with Gasteiger partial charge in [-0.15, -0.1) is 11.4 Å². The summed E-state index contributed by atoms with van der Waals surface area (Å²) in [6.45, 7) is 24.0. The van der Waals surface area contributed by atoms with Gasteiger partial charge >= 0.3 is 17.1 Å². The van der Waals surface area contributed by atoms with Gasteiger partial charge in [-0.25, -0.2) is 0 Å². The second kappa shape index (κ2) is 14.2. The van der Waals surface area contributed by atoms with Crippen LogP contribution in [0.15, 0.2) is 95.4 Å². The van der Waals surface area contributed by atoms with E-state index >= 15 is 0 Å². The van der Waals surface area contributed by atoms with Crippen molar-refractivity contribution < 1.29 is 17.1 Å². The van der Waals surface area contributed by atoms with Crippen molar-refractivity contribution in [2.75, 3.05) is 13.1 Å². The van der Waals surface area contributed by atoms with Crippen molar-refractivity contribution >= 4 is 0 Å². The molecule has 0 spiro atoms. The third-order valence-electron chi connectivity index (χ3n) is 6.25. The fraction of sp³-hybridized carbons (Fsp3) is 0.400. The van der Waals surface area contributed by atoms with Gasteiger partial charge < -0.3 is 30.2 Å². The summed E-state index contributed by atoms with van der Waals surface area (Å²) < 4.78 is 0. The topological polar surface area (TPSA) is 41.2 Å². The van der Waals surface area contributed by atoms with Crippen LogP contribution in [0.2, 0.25) is 0 Å². The number of hydrogen-bond acceptors (Lipinski definition) is 4. The molecule has 0 aromatic rings. The van der Waals surface area contributed by atoms with Gasteiger partial charge in [-0.2, -0.15) is 25.7 Å². The Morgan fingerprint density at radius 1 is 0.649 bits per heavy atom. The average Bonchev–Trinajstić information content (AvgIpc) is 3.25. The van der Waals surface area contributed by atoms with Gasteiger partial charge in [0, 0.05) is 11.4 Å². The Balaban J connectivity index is 0.000000253. The van der Waals surface area contributed by atoms with Crippen LogP contribution >= 0.6 is 0 Å². The third kappa shape index (κ3) is 8.65. The van der Waals surface area contributed by atoms with E-state index in [9.17, 15) is 0 Å². The van der Waals surface area contributed by atoms with E-state index in [0.29, 0.717) is 11.8 Å². The smallest absolute Gasteiger partial charge is 0.663 e. The van der Waals surface area contributed by atoms with Crippen LogP contribution in [0.25, 0.3) is 10.6 Å².